The summed E-state index contributed by atoms with van der Waals surface area (Å²) in [6, 6.07) is 6.46. The van der Waals surface area contributed by atoms with Crippen molar-refractivity contribution in [2.24, 2.45) is 5.92 Å². The van der Waals surface area contributed by atoms with Crippen LogP contribution in [0.2, 0.25) is 0 Å². The van der Waals surface area contributed by atoms with Crippen molar-refractivity contribution in [1.29, 1.82) is 0 Å². The van der Waals surface area contributed by atoms with Crippen LogP contribution in [0.1, 0.15) is 31.4 Å². The van der Waals surface area contributed by atoms with Gasteiger partial charge in [0, 0.05) is 6.04 Å². The molecule has 1 aromatic carbocycles. The van der Waals surface area contributed by atoms with E-state index in [2.05, 4.69) is 36.3 Å². The third-order valence-electron chi connectivity index (χ3n) is 4.46. The number of nitrogens with zero attached hydrogens (tertiary/aromatic N) is 1. The SMILES string of the molecule is COc1ccc(C(C)NCC2CCN(C)CC2)cc1OC. The molecule has 0 radical (unpaired) electrons. The number of piperidine rings is 1. The zero-order valence-corrected chi connectivity index (χ0v) is 13.7. The summed E-state index contributed by atoms with van der Waals surface area (Å²) in [4.78, 5) is 2.41. The average Bonchev–Trinajstić information content (AvgIpc) is 2.53. The maximum absolute atomic E-state index is 5.38. The summed E-state index contributed by atoms with van der Waals surface area (Å²) in [5.41, 5.74) is 1.24. The molecular formula is C17H28N2O2. The summed E-state index contributed by atoms with van der Waals surface area (Å²) in [5.74, 6) is 2.37. The summed E-state index contributed by atoms with van der Waals surface area (Å²) in [6.07, 6.45) is 2.59. The van der Waals surface area contributed by atoms with Gasteiger partial charge in [-0.1, -0.05) is 6.07 Å². The first-order valence-electron chi connectivity index (χ1n) is 7.78. The highest BCUT2D eigenvalue weighted by atomic mass is 16.5. The molecule has 4 nitrogen and oxygen atoms in total. The van der Waals surface area contributed by atoms with Gasteiger partial charge in [-0.05, 0) is 70.1 Å². The van der Waals surface area contributed by atoms with E-state index in [0.29, 0.717) is 6.04 Å². The second kappa shape index (κ2) is 7.66. The van der Waals surface area contributed by atoms with Gasteiger partial charge in [0.15, 0.2) is 11.5 Å². The van der Waals surface area contributed by atoms with Crippen molar-refractivity contribution in [2.75, 3.05) is 40.9 Å². The molecule has 1 atom stereocenters. The van der Waals surface area contributed by atoms with Gasteiger partial charge < -0.3 is 19.7 Å². The molecule has 0 aliphatic carbocycles. The smallest absolute Gasteiger partial charge is 0.161 e. The number of hydrogen-bond acceptors (Lipinski definition) is 4. The van der Waals surface area contributed by atoms with Gasteiger partial charge >= 0.3 is 0 Å². The molecule has 0 bridgehead atoms. The Morgan fingerprint density at radius 1 is 1.19 bits per heavy atom. The number of likely N-dealkylation sites (tertiary alicyclic amines) is 1. The second-order valence-corrected chi connectivity index (χ2v) is 5.99. The normalized spacial score (nSPS) is 18.5. The highest BCUT2D eigenvalue weighted by Crippen LogP contribution is 2.30. The molecule has 1 heterocycles. The Morgan fingerprint density at radius 2 is 1.86 bits per heavy atom. The Labute approximate surface area is 128 Å². The average molecular weight is 292 g/mol. The van der Waals surface area contributed by atoms with Gasteiger partial charge in [-0.2, -0.15) is 0 Å². The van der Waals surface area contributed by atoms with E-state index in [1.807, 2.05) is 6.07 Å². The topological polar surface area (TPSA) is 33.7 Å². The molecule has 2 rings (SSSR count). The minimum absolute atomic E-state index is 0.324. The molecule has 1 aliphatic heterocycles. The van der Waals surface area contributed by atoms with E-state index >= 15 is 0 Å². The molecule has 0 spiro atoms. The van der Waals surface area contributed by atoms with Gasteiger partial charge in [-0.25, -0.2) is 0 Å². The van der Waals surface area contributed by atoms with Crippen molar-refractivity contribution in [3.8, 4) is 11.5 Å². The van der Waals surface area contributed by atoms with Gasteiger partial charge in [-0.3, -0.25) is 0 Å². The van der Waals surface area contributed by atoms with Crippen molar-refractivity contribution in [3.63, 3.8) is 0 Å². The van der Waals surface area contributed by atoms with Crippen LogP contribution in [0, 0.1) is 5.92 Å². The molecule has 0 amide bonds. The molecular weight excluding hydrogens is 264 g/mol. The first kappa shape index (κ1) is 16.1. The van der Waals surface area contributed by atoms with Crippen LogP contribution in [-0.4, -0.2) is 45.8 Å². The molecule has 1 unspecified atom stereocenters. The highest BCUT2D eigenvalue weighted by molar-refractivity contribution is 5.43. The molecule has 1 saturated heterocycles. The zero-order chi connectivity index (χ0) is 15.2. The van der Waals surface area contributed by atoms with E-state index < -0.39 is 0 Å². The first-order valence-corrected chi connectivity index (χ1v) is 7.78. The molecule has 1 aromatic rings. The van der Waals surface area contributed by atoms with Gasteiger partial charge in [0.2, 0.25) is 0 Å². The van der Waals surface area contributed by atoms with Crippen molar-refractivity contribution in [2.45, 2.75) is 25.8 Å². The van der Waals surface area contributed by atoms with Crippen molar-refractivity contribution < 1.29 is 9.47 Å². The van der Waals surface area contributed by atoms with Crippen LogP contribution in [0.25, 0.3) is 0 Å². The minimum atomic E-state index is 0.324. The number of hydrogen-bond donors (Lipinski definition) is 1. The number of benzene rings is 1. The van der Waals surface area contributed by atoms with Gasteiger partial charge in [-0.15, -0.1) is 0 Å². The standard InChI is InChI=1S/C17H28N2O2/c1-13(18-12-14-7-9-19(2)10-8-14)15-5-6-16(20-3)17(11-15)21-4/h5-6,11,13-14,18H,7-10,12H2,1-4H3. The Morgan fingerprint density at radius 3 is 2.48 bits per heavy atom. The van der Waals surface area contributed by atoms with E-state index in [4.69, 9.17) is 9.47 Å². The van der Waals surface area contributed by atoms with E-state index in [1.54, 1.807) is 14.2 Å². The van der Waals surface area contributed by atoms with Crippen LogP contribution < -0.4 is 14.8 Å². The van der Waals surface area contributed by atoms with Crippen molar-refractivity contribution in [3.05, 3.63) is 23.8 Å². The Balaban J connectivity index is 1.89. The van der Waals surface area contributed by atoms with Gasteiger partial charge in [0.05, 0.1) is 14.2 Å². The third-order valence-corrected chi connectivity index (χ3v) is 4.46. The summed E-state index contributed by atoms with van der Waals surface area (Å²) in [7, 11) is 5.55. The van der Waals surface area contributed by atoms with Crippen molar-refractivity contribution in [1.82, 2.24) is 10.2 Å². The first-order chi connectivity index (χ1) is 10.1. The molecule has 0 saturated carbocycles. The molecule has 21 heavy (non-hydrogen) atoms. The zero-order valence-electron chi connectivity index (χ0n) is 13.7. The molecule has 0 aromatic heterocycles. The Bertz CT molecular complexity index is 442. The quantitative estimate of drug-likeness (QED) is 0.874. The lowest BCUT2D eigenvalue weighted by Gasteiger charge is -2.30. The van der Waals surface area contributed by atoms with Crippen LogP contribution in [0.4, 0.5) is 0 Å². The Hall–Kier alpha value is -1.26. The lowest BCUT2D eigenvalue weighted by atomic mass is 9.96. The van der Waals surface area contributed by atoms with Crippen molar-refractivity contribution >= 4 is 0 Å². The molecule has 1 aliphatic rings. The van der Waals surface area contributed by atoms with E-state index in [1.165, 1.54) is 31.5 Å². The summed E-state index contributed by atoms with van der Waals surface area (Å²) in [5, 5.41) is 3.66. The fourth-order valence-electron chi connectivity index (χ4n) is 2.85. The fourth-order valence-corrected chi connectivity index (χ4v) is 2.85. The fraction of sp³-hybridized carbons (Fsp3) is 0.647. The summed E-state index contributed by atoms with van der Waals surface area (Å²) >= 11 is 0. The van der Waals surface area contributed by atoms with E-state index in [-0.39, 0.29) is 0 Å². The maximum Gasteiger partial charge on any atom is 0.161 e. The van der Waals surface area contributed by atoms with Crippen LogP contribution >= 0.6 is 0 Å². The highest BCUT2D eigenvalue weighted by Gasteiger charge is 2.17. The van der Waals surface area contributed by atoms with Gasteiger partial charge in [0.25, 0.3) is 0 Å². The molecule has 1 fully saturated rings. The maximum atomic E-state index is 5.38. The summed E-state index contributed by atoms with van der Waals surface area (Å²) in [6.45, 7) is 5.73. The Kier molecular flexibility index (Phi) is 5.88. The third kappa shape index (κ3) is 4.35. The minimum Gasteiger partial charge on any atom is -0.493 e. The van der Waals surface area contributed by atoms with Crippen LogP contribution in [-0.2, 0) is 0 Å². The number of nitrogens with one attached hydrogen (secondary N) is 1. The van der Waals surface area contributed by atoms with Crippen LogP contribution in [0.3, 0.4) is 0 Å². The van der Waals surface area contributed by atoms with Crippen LogP contribution in [0.5, 0.6) is 11.5 Å². The molecule has 4 heteroatoms. The van der Waals surface area contributed by atoms with Gasteiger partial charge in [0.1, 0.15) is 0 Å². The largest absolute Gasteiger partial charge is 0.493 e. The lowest BCUT2D eigenvalue weighted by Crippen LogP contribution is -2.35. The monoisotopic (exact) mass is 292 g/mol. The van der Waals surface area contributed by atoms with E-state index in [9.17, 15) is 0 Å². The second-order valence-electron chi connectivity index (χ2n) is 5.99. The van der Waals surface area contributed by atoms with Crippen LogP contribution in [0.15, 0.2) is 18.2 Å². The predicted octanol–water partition coefficient (Wildman–Crippen LogP) is 2.70. The number of rotatable bonds is 6. The number of methoxy groups -OCH3 is 2. The van der Waals surface area contributed by atoms with E-state index in [0.717, 1.165) is 24.0 Å². The summed E-state index contributed by atoms with van der Waals surface area (Å²) < 4.78 is 10.7. The molecule has 1 N–H and O–H groups in total. The predicted molar refractivity (Wildman–Crippen MR) is 86.2 cm³/mol. The molecule has 118 valence electrons. The lowest BCUT2D eigenvalue weighted by molar-refractivity contribution is 0.213. The number of ether oxygens (including phenoxy) is 2.